The van der Waals surface area contributed by atoms with Crippen molar-refractivity contribution in [1.82, 2.24) is 19.9 Å². The standard InChI is InChI=1S/C14H16FN5O/c15-14(13(21)17-10-1-2-10)5-8-19(9-14)11-4-7-20-12(18-11)3-6-16-20/h3-4,6-7,10H,1-2,5,8-9H2,(H,17,21). The molecule has 0 spiro atoms. The number of carbonyl (C=O) groups is 1. The molecule has 1 aliphatic carbocycles. The average Bonchev–Trinajstić information content (AvgIpc) is 3.02. The first-order valence-corrected chi connectivity index (χ1v) is 7.19. The summed E-state index contributed by atoms with van der Waals surface area (Å²) in [5.74, 6) is 0.208. The first-order valence-electron chi connectivity index (χ1n) is 7.19. The molecule has 2 aromatic heterocycles. The summed E-state index contributed by atoms with van der Waals surface area (Å²) in [4.78, 5) is 18.3. The number of hydrogen-bond acceptors (Lipinski definition) is 4. The fourth-order valence-corrected chi connectivity index (χ4v) is 2.67. The third kappa shape index (κ3) is 2.22. The van der Waals surface area contributed by atoms with Crippen molar-refractivity contribution in [2.45, 2.75) is 31.0 Å². The summed E-state index contributed by atoms with van der Waals surface area (Å²) < 4.78 is 16.4. The van der Waals surface area contributed by atoms with Crippen LogP contribution >= 0.6 is 0 Å². The minimum absolute atomic E-state index is 0.0584. The van der Waals surface area contributed by atoms with Gasteiger partial charge < -0.3 is 10.2 Å². The molecule has 1 amide bonds. The van der Waals surface area contributed by atoms with Crippen LogP contribution in [-0.2, 0) is 4.79 Å². The maximum atomic E-state index is 14.8. The van der Waals surface area contributed by atoms with Crippen molar-refractivity contribution in [3.8, 4) is 0 Å². The second-order valence-electron chi connectivity index (χ2n) is 5.80. The number of amides is 1. The third-order valence-corrected chi connectivity index (χ3v) is 4.11. The third-order valence-electron chi connectivity index (χ3n) is 4.11. The topological polar surface area (TPSA) is 62.5 Å². The first-order chi connectivity index (χ1) is 10.1. The Labute approximate surface area is 121 Å². The fourth-order valence-electron chi connectivity index (χ4n) is 2.67. The molecule has 4 rings (SSSR count). The Balaban J connectivity index is 1.52. The lowest BCUT2D eigenvalue weighted by molar-refractivity contribution is -0.131. The number of nitrogens with one attached hydrogen (secondary N) is 1. The lowest BCUT2D eigenvalue weighted by atomic mass is 10.1. The van der Waals surface area contributed by atoms with Crippen molar-refractivity contribution in [2.75, 3.05) is 18.0 Å². The lowest BCUT2D eigenvalue weighted by Crippen LogP contribution is -2.46. The number of halogens is 1. The number of hydrogen-bond donors (Lipinski definition) is 1. The average molecular weight is 289 g/mol. The highest BCUT2D eigenvalue weighted by Gasteiger charge is 2.46. The molecule has 110 valence electrons. The molecular formula is C14H16FN5O. The van der Waals surface area contributed by atoms with E-state index in [1.165, 1.54) is 0 Å². The van der Waals surface area contributed by atoms with Crippen molar-refractivity contribution < 1.29 is 9.18 Å². The number of rotatable bonds is 3. The van der Waals surface area contributed by atoms with Gasteiger partial charge in [-0.2, -0.15) is 5.10 Å². The Hall–Kier alpha value is -2.18. The zero-order valence-electron chi connectivity index (χ0n) is 11.5. The molecule has 2 aromatic rings. The van der Waals surface area contributed by atoms with Gasteiger partial charge in [-0.15, -0.1) is 0 Å². The molecule has 21 heavy (non-hydrogen) atoms. The van der Waals surface area contributed by atoms with Gasteiger partial charge in [-0.3, -0.25) is 4.79 Å². The molecule has 1 saturated heterocycles. The van der Waals surface area contributed by atoms with Gasteiger partial charge in [0.05, 0.1) is 12.7 Å². The monoisotopic (exact) mass is 289 g/mol. The van der Waals surface area contributed by atoms with E-state index in [-0.39, 0.29) is 19.0 Å². The van der Waals surface area contributed by atoms with Crippen molar-refractivity contribution in [2.24, 2.45) is 0 Å². The Morgan fingerprint density at radius 2 is 2.29 bits per heavy atom. The van der Waals surface area contributed by atoms with E-state index in [9.17, 15) is 9.18 Å². The van der Waals surface area contributed by atoms with E-state index in [4.69, 9.17) is 0 Å². The van der Waals surface area contributed by atoms with Gasteiger partial charge in [0.1, 0.15) is 5.82 Å². The zero-order chi connectivity index (χ0) is 14.4. The summed E-state index contributed by atoms with van der Waals surface area (Å²) in [5.41, 5.74) is -1.09. The Kier molecular flexibility index (Phi) is 2.63. The summed E-state index contributed by atoms with van der Waals surface area (Å²) in [5, 5.41) is 6.84. The predicted octanol–water partition coefficient (Wildman–Crippen LogP) is 0.926. The quantitative estimate of drug-likeness (QED) is 0.913. The van der Waals surface area contributed by atoms with E-state index in [0.717, 1.165) is 12.8 Å². The fraction of sp³-hybridized carbons (Fsp3) is 0.500. The number of anilines is 1. The Morgan fingerprint density at radius 1 is 1.43 bits per heavy atom. The maximum absolute atomic E-state index is 14.8. The summed E-state index contributed by atoms with van der Waals surface area (Å²) in [6, 6.07) is 3.77. The van der Waals surface area contributed by atoms with Crippen LogP contribution in [0.2, 0.25) is 0 Å². The van der Waals surface area contributed by atoms with Crippen LogP contribution < -0.4 is 10.2 Å². The van der Waals surface area contributed by atoms with Crippen LogP contribution in [0.25, 0.3) is 5.65 Å². The molecule has 7 heteroatoms. The summed E-state index contributed by atoms with van der Waals surface area (Å²) in [6.07, 6.45) is 5.59. The van der Waals surface area contributed by atoms with Crippen LogP contribution in [0.4, 0.5) is 10.2 Å². The van der Waals surface area contributed by atoms with Crippen LogP contribution in [0.5, 0.6) is 0 Å². The van der Waals surface area contributed by atoms with Crippen LogP contribution in [-0.4, -0.2) is 45.3 Å². The van der Waals surface area contributed by atoms with Gasteiger partial charge in [0.25, 0.3) is 5.91 Å². The van der Waals surface area contributed by atoms with E-state index in [2.05, 4.69) is 15.4 Å². The Bertz CT molecular complexity index is 697. The molecule has 6 nitrogen and oxygen atoms in total. The van der Waals surface area contributed by atoms with E-state index < -0.39 is 11.6 Å². The van der Waals surface area contributed by atoms with Crippen LogP contribution in [0, 0.1) is 0 Å². The SMILES string of the molecule is O=C(NC1CC1)C1(F)CCN(c2ccn3nccc3n2)C1. The van der Waals surface area contributed by atoms with Gasteiger partial charge in [0, 0.05) is 31.3 Å². The molecule has 1 atom stereocenters. The zero-order valence-corrected chi connectivity index (χ0v) is 11.5. The van der Waals surface area contributed by atoms with Crippen molar-refractivity contribution in [1.29, 1.82) is 0 Å². The number of alkyl halides is 1. The van der Waals surface area contributed by atoms with Crippen molar-refractivity contribution >= 4 is 17.4 Å². The molecule has 2 aliphatic rings. The number of nitrogens with zero attached hydrogens (tertiary/aromatic N) is 4. The normalized spacial score (nSPS) is 25.5. The largest absolute Gasteiger partial charge is 0.353 e. The van der Waals surface area contributed by atoms with Crippen LogP contribution in [0.3, 0.4) is 0 Å². The number of fused-ring (bicyclic) bond motifs is 1. The molecule has 2 fully saturated rings. The van der Waals surface area contributed by atoms with Gasteiger partial charge in [-0.1, -0.05) is 0 Å². The number of aromatic nitrogens is 3. The lowest BCUT2D eigenvalue weighted by Gasteiger charge is -2.21. The first kappa shape index (κ1) is 12.6. The molecule has 0 radical (unpaired) electrons. The minimum atomic E-state index is -1.81. The van der Waals surface area contributed by atoms with Gasteiger partial charge in [0.15, 0.2) is 5.65 Å². The van der Waals surface area contributed by atoms with Gasteiger partial charge in [0.2, 0.25) is 5.67 Å². The molecule has 3 heterocycles. The van der Waals surface area contributed by atoms with Gasteiger partial charge in [-0.25, -0.2) is 13.9 Å². The van der Waals surface area contributed by atoms with E-state index in [0.29, 0.717) is 18.0 Å². The predicted molar refractivity (Wildman–Crippen MR) is 74.8 cm³/mol. The number of carbonyl (C=O) groups excluding carboxylic acids is 1. The van der Waals surface area contributed by atoms with Crippen LogP contribution in [0.15, 0.2) is 24.5 Å². The second kappa shape index (κ2) is 4.41. The summed E-state index contributed by atoms with van der Waals surface area (Å²) >= 11 is 0. The highest BCUT2D eigenvalue weighted by Crippen LogP contribution is 2.30. The molecule has 1 aliphatic heterocycles. The molecule has 1 unspecified atom stereocenters. The van der Waals surface area contributed by atoms with Crippen molar-refractivity contribution in [3.63, 3.8) is 0 Å². The second-order valence-corrected chi connectivity index (χ2v) is 5.80. The molecule has 0 aromatic carbocycles. The summed E-state index contributed by atoms with van der Waals surface area (Å²) in [7, 11) is 0. The molecule has 1 saturated carbocycles. The van der Waals surface area contributed by atoms with E-state index >= 15 is 0 Å². The van der Waals surface area contributed by atoms with E-state index in [1.54, 1.807) is 29.0 Å². The minimum Gasteiger partial charge on any atom is -0.353 e. The van der Waals surface area contributed by atoms with Crippen molar-refractivity contribution in [3.05, 3.63) is 24.5 Å². The highest BCUT2D eigenvalue weighted by atomic mass is 19.1. The summed E-state index contributed by atoms with van der Waals surface area (Å²) in [6.45, 7) is 0.550. The molecular weight excluding hydrogens is 273 g/mol. The Morgan fingerprint density at radius 3 is 3.10 bits per heavy atom. The molecule has 1 N–H and O–H groups in total. The van der Waals surface area contributed by atoms with Crippen LogP contribution in [0.1, 0.15) is 19.3 Å². The highest BCUT2D eigenvalue weighted by molar-refractivity contribution is 5.87. The smallest absolute Gasteiger partial charge is 0.259 e. The maximum Gasteiger partial charge on any atom is 0.259 e. The molecule has 0 bridgehead atoms. The van der Waals surface area contributed by atoms with Gasteiger partial charge in [-0.05, 0) is 18.9 Å². The van der Waals surface area contributed by atoms with Gasteiger partial charge >= 0.3 is 0 Å². The van der Waals surface area contributed by atoms with E-state index in [1.807, 2.05) is 4.90 Å².